The highest BCUT2D eigenvalue weighted by Gasteiger charge is 2.15. The van der Waals surface area contributed by atoms with Crippen LogP contribution in [-0.4, -0.2) is 23.1 Å². The van der Waals surface area contributed by atoms with Gasteiger partial charge in [-0.1, -0.05) is 28.1 Å². The Balaban J connectivity index is 1.91. The van der Waals surface area contributed by atoms with Crippen molar-refractivity contribution in [2.24, 2.45) is 0 Å². The summed E-state index contributed by atoms with van der Waals surface area (Å²) in [6, 6.07) is 13.6. The molecular formula is C21H19BrN2O4. The van der Waals surface area contributed by atoms with Gasteiger partial charge in [0.2, 0.25) is 5.91 Å². The summed E-state index contributed by atoms with van der Waals surface area (Å²) < 4.78 is 7.60. The van der Waals surface area contributed by atoms with Crippen molar-refractivity contribution in [2.45, 2.75) is 20.4 Å². The van der Waals surface area contributed by atoms with Crippen molar-refractivity contribution < 1.29 is 14.3 Å². The molecule has 1 N–H and O–H groups in total. The van der Waals surface area contributed by atoms with Gasteiger partial charge in [-0.05, 0) is 44.2 Å². The molecule has 7 heteroatoms. The minimum Gasteiger partial charge on any atom is -0.462 e. The molecule has 0 bridgehead atoms. The van der Waals surface area contributed by atoms with Crippen molar-refractivity contribution in [2.75, 3.05) is 11.9 Å². The zero-order valence-corrected chi connectivity index (χ0v) is 17.1. The highest BCUT2D eigenvalue weighted by atomic mass is 79.9. The number of rotatable bonds is 5. The van der Waals surface area contributed by atoms with Crippen LogP contribution in [0, 0.1) is 6.92 Å². The first kappa shape index (κ1) is 19.8. The van der Waals surface area contributed by atoms with Crippen LogP contribution >= 0.6 is 15.9 Å². The molecular weight excluding hydrogens is 424 g/mol. The fourth-order valence-corrected chi connectivity index (χ4v) is 3.36. The number of hydrogen-bond acceptors (Lipinski definition) is 4. The van der Waals surface area contributed by atoms with Crippen LogP contribution in [-0.2, 0) is 16.1 Å². The Hall–Kier alpha value is -2.93. The normalized spacial score (nSPS) is 10.7. The lowest BCUT2D eigenvalue weighted by Crippen LogP contribution is -2.23. The highest BCUT2D eigenvalue weighted by Crippen LogP contribution is 2.20. The molecule has 0 radical (unpaired) electrons. The van der Waals surface area contributed by atoms with Crippen LogP contribution in [0.1, 0.15) is 23.0 Å². The van der Waals surface area contributed by atoms with Crippen LogP contribution in [0.15, 0.2) is 57.8 Å². The van der Waals surface area contributed by atoms with Gasteiger partial charge < -0.3 is 14.6 Å². The Morgan fingerprint density at radius 1 is 1.14 bits per heavy atom. The van der Waals surface area contributed by atoms with Crippen LogP contribution in [0.2, 0.25) is 0 Å². The number of anilines is 1. The summed E-state index contributed by atoms with van der Waals surface area (Å²) >= 11 is 3.37. The number of fused-ring (bicyclic) bond motifs is 1. The van der Waals surface area contributed by atoms with E-state index in [1.165, 1.54) is 6.07 Å². The summed E-state index contributed by atoms with van der Waals surface area (Å²) in [5.41, 5.74) is 1.92. The predicted molar refractivity (Wildman–Crippen MR) is 112 cm³/mol. The number of carbonyl (C=O) groups is 2. The second-order valence-electron chi connectivity index (χ2n) is 6.21. The quantitative estimate of drug-likeness (QED) is 0.608. The molecule has 1 amide bonds. The van der Waals surface area contributed by atoms with Crippen molar-refractivity contribution in [3.8, 4) is 0 Å². The third-order valence-electron chi connectivity index (χ3n) is 4.28. The predicted octanol–water partition coefficient (Wildman–Crippen LogP) is 3.89. The molecule has 0 fully saturated rings. The lowest BCUT2D eigenvalue weighted by molar-refractivity contribution is -0.116. The van der Waals surface area contributed by atoms with Crippen LogP contribution < -0.4 is 10.7 Å². The third kappa shape index (κ3) is 4.14. The molecule has 2 aromatic carbocycles. The Morgan fingerprint density at radius 3 is 2.64 bits per heavy atom. The number of halogens is 1. The van der Waals surface area contributed by atoms with Gasteiger partial charge in [0.25, 0.3) is 0 Å². The fraction of sp³-hybridized carbons (Fsp3) is 0.190. The van der Waals surface area contributed by atoms with Gasteiger partial charge in [0, 0.05) is 21.6 Å². The SMILES string of the molecule is CCOC(=O)c1ccccc1NC(=O)Cn1c(C)cc(=O)c2cc(Br)ccc21. The minimum absolute atomic E-state index is 0.00139. The van der Waals surface area contributed by atoms with Gasteiger partial charge in [0.15, 0.2) is 5.43 Å². The second kappa shape index (κ2) is 8.39. The summed E-state index contributed by atoms with van der Waals surface area (Å²) in [4.78, 5) is 37.1. The molecule has 0 aliphatic rings. The first-order chi connectivity index (χ1) is 13.4. The summed E-state index contributed by atoms with van der Waals surface area (Å²) in [7, 11) is 0. The van der Waals surface area contributed by atoms with Crippen molar-refractivity contribution in [3.63, 3.8) is 0 Å². The maximum atomic E-state index is 12.7. The van der Waals surface area contributed by atoms with Crippen LogP contribution in [0.5, 0.6) is 0 Å². The Kier molecular flexibility index (Phi) is 5.94. The Morgan fingerprint density at radius 2 is 1.89 bits per heavy atom. The Labute approximate surface area is 170 Å². The highest BCUT2D eigenvalue weighted by molar-refractivity contribution is 9.10. The average Bonchev–Trinajstić information content (AvgIpc) is 2.66. The number of benzene rings is 2. The van der Waals surface area contributed by atoms with E-state index in [4.69, 9.17) is 4.74 Å². The summed E-state index contributed by atoms with van der Waals surface area (Å²) in [6.45, 7) is 3.75. The van der Waals surface area contributed by atoms with Gasteiger partial charge in [-0.2, -0.15) is 0 Å². The van der Waals surface area contributed by atoms with E-state index in [0.29, 0.717) is 27.8 Å². The number of carbonyl (C=O) groups excluding carboxylic acids is 2. The molecule has 0 spiro atoms. The van der Waals surface area contributed by atoms with Crippen molar-refractivity contribution in [1.82, 2.24) is 4.57 Å². The number of esters is 1. The van der Waals surface area contributed by atoms with Gasteiger partial charge in [-0.15, -0.1) is 0 Å². The second-order valence-corrected chi connectivity index (χ2v) is 7.13. The van der Waals surface area contributed by atoms with Crippen molar-refractivity contribution in [1.29, 1.82) is 0 Å². The monoisotopic (exact) mass is 442 g/mol. The Bertz CT molecular complexity index is 1120. The number of pyridine rings is 1. The third-order valence-corrected chi connectivity index (χ3v) is 4.77. The maximum Gasteiger partial charge on any atom is 0.340 e. The maximum absolute atomic E-state index is 12.7. The van der Waals surface area contributed by atoms with Gasteiger partial charge in [-0.3, -0.25) is 9.59 Å². The number of aryl methyl sites for hydroxylation is 1. The van der Waals surface area contributed by atoms with Crippen molar-refractivity contribution in [3.05, 3.63) is 74.5 Å². The summed E-state index contributed by atoms with van der Waals surface area (Å²) in [5.74, 6) is -0.805. The molecule has 0 saturated carbocycles. The number of nitrogens with zero attached hydrogens (tertiary/aromatic N) is 1. The number of aromatic nitrogens is 1. The topological polar surface area (TPSA) is 77.4 Å². The lowest BCUT2D eigenvalue weighted by Gasteiger charge is -2.15. The van der Waals surface area contributed by atoms with Crippen LogP contribution in [0.25, 0.3) is 10.9 Å². The van der Waals surface area contributed by atoms with E-state index in [9.17, 15) is 14.4 Å². The molecule has 0 aliphatic heterocycles. The van der Waals surface area contributed by atoms with E-state index >= 15 is 0 Å². The van der Waals surface area contributed by atoms with E-state index in [1.807, 2.05) is 6.07 Å². The van der Waals surface area contributed by atoms with E-state index in [-0.39, 0.29) is 24.5 Å². The van der Waals surface area contributed by atoms with E-state index < -0.39 is 5.97 Å². The number of hydrogen-bond donors (Lipinski definition) is 1. The van der Waals surface area contributed by atoms with E-state index in [2.05, 4.69) is 21.2 Å². The first-order valence-electron chi connectivity index (χ1n) is 8.76. The smallest absolute Gasteiger partial charge is 0.340 e. The van der Waals surface area contributed by atoms with E-state index in [0.717, 1.165) is 4.47 Å². The van der Waals surface area contributed by atoms with Gasteiger partial charge >= 0.3 is 5.97 Å². The van der Waals surface area contributed by atoms with Crippen LogP contribution in [0.4, 0.5) is 5.69 Å². The van der Waals surface area contributed by atoms with Gasteiger partial charge in [0.1, 0.15) is 6.54 Å². The molecule has 0 aliphatic carbocycles. The number of para-hydroxylation sites is 1. The molecule has 6 nitrogen and oxygen atoms in total. The number of nitrogens with one attached hydrogen (secondary N) is 1. The van der Waals surface area contributed by atoms with Gasteiger partial charge in [-0.25, -0.2) is 4.79 Å². The molecule has 144 valence electrons. The van der Waals surface area contributed by atoms with E-state index in [1.54, 1.807) is 54.8 Å². The molecule has 0 saturated heterocycles. The molecule has 0 unspecified atom stereocenters. The molecule has 28 heavy (non-hydrogen) atoms. The number of ether oxygens (including phenoxy) is 1. The molecule has 0 atom stereocenters. The number of amides is 1. The lowest BCUT2D eigenvalue weighted by atomic mass is 10.1. The first-order valence-corrected chi connectivity index (χ1v) is 9.55. The zero-order valence-electron chi connectivity index (χ0n) is 15.5. The standard InChI is InChI=1S/C21H19BrN2O4/c1-3-28-21(27)15-6-4-5-7-17(15)23-20(26)12-24-13(2)10-19(25)16-11-14(22)8-9-18(16)24/h4-11H,3,12H2,1-2H3,(H,23,26). The van der Waals surface area contributed by atoms with Gasteiger partial charge in [0.05, 0.1) is 23.4 Å². The molecule has 3 rings (SSSR count). The minimum atomic E-state index is -0.492. The summed E-state index contributed by atoms with van der Waals surface area (Å²) in [6.07, 6.45) is 0. The van der Waals surface area contributed by atoms with Crippen molar-refractivity contribution >= 4 is 44.4 Å². The van der Waals surface area contributed by atoms with Crippen LogP contribution in [0.3, 0.4) is 0 Å². The summed E-state index contributed by atoms with van der Waals surface area (Å²) in [5, 5.41) is 3.30. The molecule has 1 aromatic heterocycles. The molecule has 3 aromatic rings. The average molecular weight is 443 g/mol. The fourth-order valence-electron chi connectivity index (χ4n) is 3.00. The largest absolute Gasteiger partial charge is 0.462 e. The molecule has 1 heterocycles. The zero-order chi connectivity index (χ0) is 20.3.